The Balaban J connectivity index is 1.90. The highest BCUT2D eigenvalue weighted by Gasteiger charge is 2.32. The van der Waals surface area contributed by atoms with Crippen LogP contribution in [0.25, 0.3) is 0 Å². The van der Waals surface area contributed by atoms with E-state index in [1.54, 1.807) is 0 Å². The van der Waals surface area contributed by atoms with Crippen LogP contribution < -0.4 is 10.6 Å². The van der Waals surface area contributed by atoms with Gasteiger partial charge in [0.1, 0.15) is 0 Å². The summed E-state index contributed by atoms with van der Waals surface area (Å²) in [6.45, 7) is 3.53. The van der Waals surface area contributed by atoms with E-state index < -0.39 is 0 Å². The first-order chi connectivity index (χ1) is 8.31. The van der Waals surface area contributed by atoms with Gasteiger partial charge in [0.25, 0.3) is 0 Å². The molecule has 0 aromatic carbocycles. The average molecular weight is 240 g/mol. The number of rotatable bonds is 4. The second-order valence-electron chi connectivity index (χ2n) is 5.86. The molecule has 100 valence electrons. The van der Waals surface area contributed by atoms with Gasteiger partial charge >= 0.3 is 0 Å². The van der Waals surface area contributed by atoms with E-state index in [1.807, 2.05) is 0 Å². The zero-order chi connectivity index (χ0) is 12.1. The molecule has 0 bridgehead atoms. The standard InChI is InChI=1S/C14H28N2O/c1-11(10-17)16-14-8-3-2-6-12(14)13-7-4-5-9-15-13/h11-17H,2-10H2,1H3. The van der Waals surface area contributed by atoms with Crippen LogP contribution in [0.4, 0.5) is 0 Å². The van der Waals surface area contributed by atoms with Crippen molar-refractivity contribution in [2.45, 2.75) is 70.0 Å². The van der Waals surface area contributed by atoms with Gasteiger partial charge in [0, 0.05) is 18.1 Å². The van der Waals surface area contributed by atoms with E-state index in [9.17, 15) is 5.11 Å². The summed E-state index contributed by atoms with van der Waals surface area (Å²) in [6, 6.07) is 1.57. The first-order valence-corrected chi connectivity index (χ1v) is 7.41. The Bertz CT molecular complexity index is 216. The Labute approximate surface area is 105 Å². The summed E-state index contributed by atoms with van der Waals surface area (Å²) in [7, 11) is 0. The van der Waals surface area contributed by atoms with Crippen LogP contribution in [-0.4, -0.2) is 36.4 Å². The Morgan fingerprint density at radius 2 is 1.94 bits per heavy atom. The molecule has 0 amide bonds. The van der Waals surface area contributed by atoms with Gasteiger partial charge in [0.2, 0.25) is 0 Å². The normalized spacial score (nSPS) is 36.7. The molecule has 4 atom stereocenters. The van der Waals surface area contributed by atoms with Crippen LogP contribution >= 0.6 is 0 Å². The molecule has 2 rings (SSSR count). The van der Waals surface area contributed by atoms with Crippen LogP contribution in [0.3, 0.4) is 0 Å². The predicted octanol–water partition coefficient (Wildman–Crippen LogP) is 1.66. The maximum Gasteiger partial charge on any atom is 0.0582 e. The van der Waals surface area contributed by atoms with Crippen molar-refractivity contribution in [3.63, 3.8) is 0 Å². The molecule has 1 saturated carbocycles. The molecule has 2 aliphatic rings. The van der Waals surface area contributed by atoms with Gasteiger partial charge < -0.3 is 15.7 Å². The zero-order valence-corrected chi connectivity index (χ0v) is 11.1. The minimum atomic E-state index is 0.240. The lowest BCUT2D eigenvalue weighted by atomic mass is 9.77. The predicted molar refractivity (Wildman–Crippen MR) is 71.1 cm³/mol. The van der Waals surface area contributed by atoms with Gasteiger partial charge in [0.15, 0.2) is 0 Å². The molecule has 3 nitrogen and oxygen atoms in total. The number of aliphatic hydroxyl groups is 1. The lowest BCUT2D eigenvalue weighted by Crippen LogP contribution is -2.52. The molecule has 1 heterocycles. The van der Waals surface area contributed by atoms with Crippen LogP contribution in [0.5, 0.6) is 0 Å². The van der Waals surface area contributed by atoms with E-state index in [4.69, 9.17) is 0 Å². The second kappa shape index (κ2) is 6.72. The summed E-state index contributed by atoms with van der Waals surface area (Å²) in [5, 5.41) is 16.5. The van der Waals surface area contributed by atoms with Gasteiger partial charge in [-0.2, -0.15) is 0 Å². The van der Waals surface area contributed by atoms with Gasteiger partial charge in [-0.05, 0) is 45.1 Å². The molecule has 3 N–H and O–H groups in total. The van der Waals surface area contributed by atoms with Crippen molar-refractivity contribution < 1.29 is 5.11 Å². The average Bonchev–Trinajstić information content (AvgIpc) is 2.40. The van der Waals surface area contributed by atoms with E-state index in [-0.39, 0.29) is 12.6 Å². The van der Waals surface area contributed by atoms with Crippen molar-refractivity contribution in [2.24, 2.45) is 5.92 Å². The highest BCUT2D eigenvalue weighted by molar-refractivity contribution is 4.91. The second-order valence-corrected chi connectivity index (χ2v) is 5.86. The minimum Gasteiger partial charge on any atom is -0.395 e. The summed E-state index contributed by atoms with van der Waals surface area (Å²) >= 11 is 0. The number of hydrogen-bond acceptors (Lipinski definition) is 3. The molecule has 2 fully saturated rings. The van der Waals surface area contributed by atoms with Gasteiger partial charge in [-0.1, -0.05) is 19.3 Å². The smallest absolute Gasteiger partial charge is 0.0582 e. The fourth-order valence-corrected chi connectivity index (χ4v) is 3.51. The summed E-state index contributed by atoms with van der Waals surface area (Å²) < 4.78 is 0. The van der Waals surface area contributed by atoms with Gasteiger partial charge in [-0.25, -0.2) is 0 Å². The molecule has 0 aromatic heterocycles. The third-order valence-corrected chi connectivity index (χ3v) is 4.46. The number of hydrogen-bond donors (Lipinski definition) is 3. The van der Waals surface area contributed by atoms with E-state index in [0.29, 0.717) is 12.1 Å². The highest BCUT2D eigenvalue weighted by Crippen LogP contribution is 2.30. The van der Waals surface area contributed by atoms with E-state index in [1.165, 1.54) is 51.5 Å². The van der Waals surface area contributed by atoms with E-state index in [2.05, 4.69) is 17.6 Å². The largest absolute Gasteiger partial charge is 0.395 e. The Hall–Kier alpha value is -0.120. The molecule has 0 aromatic rings. The first kappa shape index (κ1) is 13.3. The Morgan fingerprint density at radius 3 is 2.65 bits per heavy atom. The fourth-order valence-electron chi connectivity index (χ4n) is 3.51. The fraction of sp³-hybridized carbons (Fsp3) is 1.00. The van der Waals surface area contributed by atoms with Gasteiger partial charge in [0.05, 0.1) is 6.61 Å². The molecule has 0 spiro atoms. The molecular weight excluding hydrogens is 212 g/mol. The maximum absolute atomic E-state index is 9.18. The molecule has 0 radical (unpaired) electrons. The first-order valence-electron chi connectivity index (χ1n) is 7.41. The number of aliphatic hydroxyl groups excluding tert-OH is 1. The Morgan fingerprint density at radius 1 is 1.18 bits per heavy atom. The highest BCUT2D eigenvalue weighted by atomic mass is 16.3. The molecule has 3 heteroatoms. The molecule has 4 unspecified atom stereocenters. The summed E-state index contributed by atoms with van der Waals surface area (Å²) in [6.07, 6.45) is 9.44. The third kappa shape index (κ3) is 3.67. The van der Waals surface area contributed by atoms with Crippen molar-refractivity contribution in [3.8, 4) is 0 Å². The third-order valence-electron chi connectivity index (χ3n) is 4.46. The van der Waals surface area contributed by atoms with E-state index >= 15 is 0 Å². The summed E-state index contributed by atoms with van der Waals surface area (Å²) in [4.78, 5) is 0. The van der Waals surface area contributed by atoms with Gasteiger partial charge in [-0.3, -0.25) is 0 Å². The topological polar surface area (TPSA) is 44.3 Å². The number of piperidine rings is 1. The van der Waals surface area contributed by atoms with Crippen molar-refractivity contribution in [2.75, 3.05) is 13.2 Å². The lowest BCUT2D eigenvalue weighted by molar-refractivity contribution is 0.155. The SMILES string of the molecule is CC(CO)NC1CCCCC1C1CCCCN1. The van der Waals surface area contributed by atoms with Crippen LogP contribution in [0.1, 0.15) is 51.9 Å². The van der Waals surface area contributed by atoms with Crippen molar-refractivity contribution in [3.05, 3.63) is 0 Å². The zero-order valence-electron chi connectivity index (χ0n) is 11.1. The Kier molecular flexibility index (Phi) is 5.26. The van der Waals surface area contributed by atoms with Crippen LogP contribution in [0.2, 0.25) is 0 Å². The minimum absolute atomic E-state index is 0.240. The number of nitrogens with one attached hydrogen (secondary N) is 2. The summed E-state index contributed by atoms with van der Waals surface area (Å²) in [5.41, 5.74) is 0. The molecular formula is C14H28N2O. The molecule has 17 heavy (non-hydrogen) atoms. The molecule has 1 saturated heterocycles. The van der Waals surface area contributed by atoms with E-state index in [0.717, 1.165) is 5.92 Å². The maximum atomic E-state index is 9.18. The molecule has 1 aliphatic heterocycles. The van der Waals surface area contributed by atoms with Crippen LogP contribution in [-0.2, 0) is 0 Å². The monoisotopic (exact) mass is 240 g/mol. The van der Waals surface area contributed by atoms with Crippen LogP contribution in [0, 0.1) is 5.92 Å². The summed E-state index contributed by atoms with van der Waals surface area (Å²) in [5.74, 6) is 0.776. The lowest BCUT2D eigenvalue weighted by Gasteiger charge is -2.41. The quantitative estimate of drug-likeness (QED) is 0.700. The molecule has 1 aliphatic carbocycles. The van der Waals surface area contributed by atoms with Gasteiger partial charge in [-0.15, -0.1) is 0 Å². The van der Waals surface area contributed by atoms with Crippen molar-refractivity contribution in [1.29, 1.82) is 0 Å². The van der Waals surface area contributed by atoms with Crippen molar-refractivity contribution in [1.82, 2.24) is 10.6 Å². The van der Waals surface area contributed by atoms with Crippen molar-refractivity contribution >= 4 is 0 Å². The van der Waals surface area contributed by atoms with Crippen LogP contribution in [0.15, 0.2) is 0 Å².